The summed E-state index contributed by atoms with van der Waals surface area (Å²) < 4.78 is 39.9. The van der Waals surface area contributed by atoms with Crippen molar-refractivity contribution in [1.29, 1.82) is 0 Å². The first-order valence-corrected chi connectivity index (χ1v) is 7.22. The van der Waals surface area contributed by atoms with Crippen LogP contribution in [0.1, 0.15) is 26.7 Å². The van der Waals surface area contributed by atoms with Crippen LogP contribution < -0.4 is 5.32 Å². The number of halogens is 3. The topological polar surface area (TPSA) is 15.3 Å². The van der Waals surface area contributed by atoms with E-state index in [1.165, 1.54) is 5.57 Å². The van der Waals surface area contributed by atoms with Crippen molar-refractivity contribution in [3.8, 4) is 0 Å². The van der Waals surface area contributed by atoms with E-state index in [1.54, 1.807) is 0 Å². The number of hydrogen-bond acceptors (Lipinski definition) is 2. The summed E-state index contributed by atoms with van der Waals surface area (Å²) >= 11 is 0. The fourth-order valence-corrected chi connectivity index (χ4v) is 2.45. The maximum atomic E-state index is 13.6. The standard InChI is InChI=1S/C16H21F3N2/c1-11(2)3-6-21-7-4-13(5-8-21)20-15-10-12(17)9-14(18)16(15)19/h3,9-10,13,20H,4-8H2,1-2H3. The number of allylic oxidation sites excluding steroid dienone is 1. The molecule has 1 aromatic rings. The van der Waals surface area contributed by atoms with Crippen molar-refractivity contribution in [1.82, 2.24) is 4.90 Å². The molecule has 1 aromatic carbocycles. The van der Waals surface area contributed by atoms with E-state index in [-0.39, 0.29) is 11.7 Å². The summed E-state index contributed by atoms with van der Waals surface area (Å²) in [6.45, 7) is 6.82. The van der Waals surface area contributed by atoms with E-state index in [1.807, 2.05) is 0 Å². The molecule has 0 atom stereocenters. The molecule has 2 nitrogen and oxygen atoms in total. The highest BCUT2D eigenvalue weighted by atomic mass is 19.2. The zero-order valence-corrected chi connectivity index (χ0v) is 12.4. The van der Waals surface area contributed by atoms with Gasteiger partial charge in [0.25, 0.3) is 0 Å². The van der Waals surface area contributed by atoms with Crippen LogP contribution in [0.4, 0.5) is 18.9 Å². The van der Waals surface area contributed by atoms with Gasteiger partial charge < -0.3 is 5.32 Å². The van der Waals surface area contributed by atoms with E-state index < -0.39 is 17.5 Å². The molecule has 0 spiro atoms. The van der Waals surface area contributed by atoms with E-state index in [0.717, 1.165) is 38.5 Å². The Hall–Kier alpha value is -1.49. The van der Waals surface area contributed by atoms with Crippen molar-refractivity contribution in [3.63, 3.8) is 0 Å². The van der Waals surface area contributed by atoms with E-state index >= 15 is 0 Å². The summed E-state index contributed by atoms with van der Waals surface area (Å²) in [7, 11) is 0. The fourth-order valence-electron chi connectivity index (χ4n) is 2.45. The van der Waals surface area contributed by atoms with Crippen LogP contribution in [0.5, 0.6) is 0 Å². The second kappa shape index (κ2) is 6.98. The Kier molecular flexibility index (Phi) is 5.28. The van der Waals surface area contributed by atoms with Gasteiger partial charge >= 0.3 is 0 Å². The third-order valence-electron chi connectivity index (χ3n) is 3.70. The molecule has 0 aromatic heterocycles. The molecule has 1 N–H and O–H groups in total. The maximum Gasteiger partial charge on any atom is 0.182 e. The molecule has 0 unspecified atom stereocenters. The van der Waals surface area contributed by atoms with Gasteiger partial charge in [-0.3, -0.25) is 4.90 Å². The van der Waals surface area contributed by atoms with Crippen LogP contribution in [-0.2, 0) is 0 Å². The van der Waals surface area contributed by atoms with Crippen molar-refractivity contribution < 1.29 is 13.2 Å². The van der Waals surface area contributed by atoms with Gasteiger partial charge in [0, 0.05) is 37.8 Å². The lowest BCUT2D eigenvalue weighted by atomic mass is 10.0. The lowest BCUT2D eigenvalue weighted by Crippen LogP contribution is -2.39. The van der Waals surface area contributed by atoms with Crippen LogP contribution in [0.15, 0.2) is 23.8 Å². The molecule has 0 radical (unpaired) electrons. The Labute approximate surface area is 123 Å². The van der Waals surface area contributed by atoms with Crippen LogP contribution in [0.3, 0.4) is 0 Å². The lowest BCUT2D eigenvalue weighted by Gasteiger charge is -2.32. The molecule has 0 amide bonds. The van der Waals surface area contributed by atoms with E-state index in [9.17, 15) is 13.2 Å². The fraction of sp³-hybridized carbons (Fsp3) is 0.500. The monoisotopic (exact) mass is 298 g/mol. The van der Waals surface area contributed by atoms with Crippen molar-refractivity contribution in [2.75, 3.05) is 25.0 Å². The van der Waals surface area contributed by atoms with Crippen molar-refractivity contribution in [2.45, 2.75) is 32.7 Å². The van der Waals surface area contributed by atoms with Crippen molar-refractivity contribution in [3.05, 3.63) is 41.2 Å². The largest absolute Gasteiger partial charge is 0.380 e. The number of hydrogen-bond donors (Lipinski definition) is 1. The first-order valence-electron chi connectivity index (χ1n) is 7.22. The van der Waals surface area contributed by atoms with Crippen molar-refractivity contribution in [2.24, 2.45) is 0 Å². The Bertz CT molecular complexity index is 516. The summed E-state index contributed by atoms with van der Waals surface area (Å²) in [4.78, 5) is 2.31. The molecular formula is C16H21F3N2. The predicted molar refractivity (Wildman–Crippen MR) is 78.8 cm³/mol. The van der Waals surface area contributed by atoms with Crippen molar-refractivity contribution >= 4 is 5.69 Å². The predicted octanol–water partition coefficient (Wildman–Crippen LogP) is 3.95. The minimum Gasteiger partial charge on any atom is -0.380 e. The number of benzene rings is 1. The molecule has 0 bridgehead atoms. The summed E-state index contributed by atoms with van der Waals surface area (Å²) in [5, 5.41) is 2.92. The van der Waals surface area contributed by atoms with E-state index in [0.29, 0.717) is 6.07 Å². The number of rotatable bonds is 4. The number of nitrogens with one attached hydrogen (secondary N) is 1. The zero-order chi connectivity index (χ0) is 15.4. The lowest BCUT2D eigenvalue weighted by molar-refractivity contribution is 0.239. The third kappa shape index (κ3) is 4.49. The highest BCUT2D eigenvalue weighted by molar-refractivity contribution is 5.46. The molecule has 1 heterocycles. The normalized spacial score (nSPS) is 16.8. The summed E-state index contributed by atoms with van der Waals surface area (Å²) in [5.74, 6) is -2.93. The van der Waals surface area contributed by atoms with Gasteiger partial charge in [0.05, 0.1) is 5.69 Å². The molecular weight excluding hydrogens is 277 g/mol. The van der Waals surface area contributed by atoms with Gasteiger partial charge in [-0.1, -0.05) is 11.6 Å². The van der Waals surface area contributed by atoms with Crippen LogP contribution in [0.25, 0.3) is 0 Å². The number of likely N-dealkylation sites (tertiary alicyclic amines) is 1. The second-order valence-corrected chi connectivity index (χ2v) is 5.75. The molecule has 21 heavy (non-hydrogen) atoms. The van der Waals surface area contributed by atoms with Gasteiger partial charge in [-0.05, 0) is 26.7 Å². The average molecular weight is 298 g/mol. The zero-order valence-electron chi connectivity index (χ0n) is 12.4. The Morgan fingerprint density at radius 3 is 2.52 bits per heavy atom. The number of anilines is 1. The molecule has 5 heteroatoms. The molecule has 2 rings (SSSR count). The van der Waals surface area contributed by atoms with E-state index in [2.05, 4.69) is 30.1 Å². The average Bonchev–Trinajstić information content (AvgIpc) is 2.43. The molecule has 1 saturated heterocycles. The highest BCUT2D eigenvalue weighted by Crippen LogP contribution is 2.22. The SMILES string of the molecule is CC(C)=CCN1CCC(Nc2cc(F)cc(F)c2F)CC1. The minimum absolute atomic E-state index is 0.0450. The smallest absolute Gasteiger partial charge is 0.182 e. The van der Waals surface area contributed by atoms with Gasteiger partial charge in [-0.15, -0.1) is 0 Å². The van der Waals surface area contributed by atoms with Gasteiger partial charge in [0.2, 0.25) is 0 Å². The van der Waals surface area contributed by atoms with Crippen LogP contribution in [0.2, 0.25) is 0 Å². The van der Waals surface area contributed by atoms with Gasteiger partial charge in [0.1, 0.15) is 5.82 Å². The molecule has 116 valence electrons. The van der Waals surface area contributed by atoms with Gasteiger partial charge in [0.15, 0.2) is 11.6 Å². The molecule has 0 aliphatic carbocycles. The number of nitrogens with zero attached hydrogens (tertiary/aromatic N) is 1. The van der Waals surface area contributed by atoms with Crippen LogP contribution >= 0.6 is 0 Å². The Morgan fingerprint density at radius 2 is 1.90 bits per heavy atom. The third-order valence-corrected chi connectivity index (χ3v) is 3.70. The molecule has 0 saturated carbocycles. The summed E-state index contributed by atoms with van der Waals surface area (Å²) in [6, 6.07) is 1.61. The highest BCUT2D eigenvalue weighted by Gasteiger charge is 2.20. The molecule has 1 aliphatic heterocycles. The Balaban J connectivity index is 1.91. The Morgan fingerprint density at radius 1 is 1.24 bits per heavy atom. The first-order chi connectivity index (χ1) is 9.95. The van der Waals surface area contributed by atoms with Crippen LogP contribution in [-0.4, -0.2) is 30.6 Å². The molecule has 1 aliphatic rings. The molecule has 1 fully saturated rings. The summed E-state index contributed by atoms with van der Waals surface area (Å²) in [6.07, 6.45) is 3.83. The van der Waals surface area contributed by atoms with Gasteiger partial charge in [-0.25, -0.2) is 13.2 Å². The number of piperidine rings is 1. The maximum absolute atomic E-state index is 13.6. The quantitative estimate of drug-likeness (QED) is 0.669. The first kappa shape index (κ1) is 15.9. The van der Waals surface area contributed by atoms with Gasteiger partial charge in [-0.2, -0.15) is 0 Å². The minimum atomic E-state index is -1.15. The summed E-state index contributed by atoms with van der Waals surface area (Å²) in [5.41, 5.74) is 1.20. The van der Waals surface area contributed by atoms with Crippen LogP contribution in [0, 0.1) is 17.5 Å². The second-order valence-electron chi connectivity index (χ2n) is 5.75. The van der Waals surface area contributed by atoms with E-state index in [4.69, 9.17) is 0 Å².